The number of benzene rings is 1. The lowest BCUT2D eigenvalue weighted by Crippen LogP contribution is -1.90. The Morgan fingerprint density at radius 2 is 2.20 bits per heavy atom. The number of nitrogens with zero attached hydrogens (tertiary/aromatic N) is 1. The number of aromatic nitrogens is 1. The highest BCUT2D eigenvalue weighted by molar-refractivity contribution is 5.79. The van der Waals surface area contributed by atoms with Gasteiger partial charge in [-0.3, -0.25) is 4.98 Å². The number of halogens is 1. The predicted molar refractivity (Wildman–Crippen MR) is 60.3 cm³/mol. The smallest absolute Gasteiger partial charge is 0.149 e. The molecule has 2 aromatic rings. The Morgan fingerprint density at radius 1 is 1.33 bits per heavy atom. The van der Waals surface area contributed by atoms with E-state index >= 15 is 0 Å². The molecular weight excluding hydrogens is 189 g/mol. The molecule has 0 spiro atoms. The van der Waals surface area contributed by atoms with Crippen LogP contribution in [0.15, 0.2) is 30.5 Å². The Labute approximate surface area is 89.0 Å². The van der Waals surface area contributed by atoms with Crippen LogP contribution < -0.4 is 0 Å². The van der Waals surface area contributed by atoms with E-state index in [-0.39, 0.29) is 5.82 Å². The fourth-order valence-electron chi connectivity index (χ4n) is 1.73. The molecule has 0 fully saturated rings. The van der Waals surface area contributed by atoms with Crippen LogP contribution in [-0.2, 0) is 6.42 Å². The minimum absolute atomic E-state index is 0.209. The highest BCUT2D eigenvalue weighted by Gasteiger charge is 2.03. The van der Waals surface area contributed by atoms with Gasteiger partial charge < -0.3 is 0 Å². The van der Waals surface area contributed by atoms with Crippen LogP contribution in [0.3, 0.4) is 0 Å². The highest BCUT2D eigenvalue weighted by atomic mass is 19.1. The number of fused-ring (bicyclic) bond motifs is 1. The van der Waals surface area contributed by atoms with Crippen molar-refractivity contribution in [1.82, 2.24) is 4.98 Å². The molecule has 1 nitrogen and oxygen atoms in total. The van der Waals surface area contributed by atoms with E-state index in [1.807, 2.05) is 18.2 Å². The molecule has 1 heterocycles. The molecule has 0 atom stereocenters. The normalized spacial score (nSPS) is 10.8. The molecule has 78 valence electrons. The first kappa shape index (κ1) is 10.1. The summed E-state index contributed by atoms with van der Waals surface area (Å²) in [6, 6.07) is 7.37. The molecule has 0 N–H and O–H groups in total. The Kier molecular flexibility index (Phi) is 2.95. The third-order valence-corrected chi connectivity index (χ3v) is 2.54. The van der Waals surface area contributed by atoms with E-state index in [0.717, 1.165) is 30.2 Å². The fourth-order valence-corrected chi connectivity index (χ4v) is 1.73. The minimum atomic E-state index is -0.209. The third kappa shape index (κ3) is 2.14. The summed E-state index contributed by atoms with van der Waals surface area (Å²) in [5.74, 6) is -0.209. The Hall–Kier alpha value is -1.44. The maximum Gasteiger partial charge on any atom is 0.149 e. The average Bonchev–Trinajstić information content (AvgIpc) is 2.26. The van der Waals surface area contributed by atoms with E-state index in [0.29, 0.717) is 5.52 Å². The van der Waals surface area contributed by atoms with Crippen LogP contribution >= 0.6 is 0 Å². The summed E-state index contributed by atoms with van der Waals surface area (Å²) in [5.41, 5.74) is 1.53. The third-order valence-electron chi connectivity index (χ3n) is 2.54. The van der Waals surface area contributed by atoms with Crippen molar-refractivity contribution in [3.05, 3.63) is 41.8 Å². The van der Waals surface area contributed by atoms with Crippen molar-refractivity contribution < 1.29 is 4.39 Å². The largest absolute Gasteiger partial charge is 0.253 e. The van der Waals surface area contributed by atoms with Crippen molar-refractivity contribution >= 4 is 10.9 Å². The lowest BCUT2D eigenvalue weighted by Gasteiger charge is -2.03. The lowest BCUT2D eigenvalue weighted by atomic mass is 10.1. The molecule has 0 saturated heterocycles. The first-order valence-electron chi connectivity index (χ1n) is 5.34. The lowest BCUT2D eigenvalue weighted by molar-refractivity contribution is 0.633. The maximum atomic E-state index is 13.6. The van der Waals surface area contributed by atoms with Gasteiger partial charge in [0.05, 0.1) is 0 Å². The van der Waals surface area contributed by atoms with Gasteiger partial charge in [-0.15, -0.1) is 0 Å². The summed E-state index contributed by atoms with van der Waals surface area (Å²) >= 11 is 0. The van der Waals surface area contributed by atoms with Gasteiger partial charge in [-0.05, 0) is 36.6 Å². The molecule has 0 aliphatic carbocycles. The van der Waals surface area contributed by atoms with Gasteiger partial charge in [-0.1, -0.05) is 19.4 Å². The summed E-state index contributed by atoms with van der Waals surface area (Å²) in [7, 11) is 0. The van der Waals surface area contributed by atoms with Crippen LogP contribution in [0.25, 0.3) is 10.9 Å². The first-order valence-corrected chi connectivity index (χ1v) is 5.34. The topological polar surface area (TPSA) is 12.9 Å². The van der Waals surface area contributed by atoms with Crippen molar-refractivity contribution in [2.45, 2.75) is 26.2 Å². The summed E-state index contributed by atoms with van der Waals surface area (Å²) in [6.45, 7) is 2.14. The zero-order valence-corrected chi connectivity index (χ0v) is 8.83. The zero-order chi connectivity index (χ0) is 10.7. The summed E-state index contributed by atoms with van der Waals surface area (Å²) in [6.07, 6.45) is 4.80. The maximum absolute atomic E-state index is 13.6. The van der Waals surface area contributed by atoms with Gasteiger partial charge in [0.2, 0.25) is 0 Å². The Morgan fingerprint density at radius 3 is 3.00 bits per heavy atom. The molecule has 0 aliphatic heterocycles. The average molecular weight is 203 g/mol. The van der Waals surface area contributed by atoms with Crippen LogP contribution in [0.4, 0.5) is 4.39 Å². The molecule has 0 bridgehead atoms. The fraction of sp³-hybridized carbons (Fsp3) is 0.308. The van der Waals surface area contributed by atoms with Crippen molar-refractivity contribution in [2.24, 2.45) is 0 Å². The van der Waals surface area contributed by atoms with Crippen molar-refractivity contribution in [1.29, 1.82) is 0 Å². The molecule has 2 heteroatoms. The van der Waals surface area contributed by atoms with Gasteiger partial charge in [-0.2, -0.15) is 0 Å². The number of hydrogen-bond acceptors (Lipinski definition) is 1. The number of hydrogen-bond donors (Lipinski definition) is 0. The predicted octanol–water partition coefficient (Wildman–Crippen LogP) is 3.72. The molecule has 15 heavy (non-hydrogen) atoms. The van der Waals surface area contributed by atoms with Gasteiger partial charge in [0.1, 0.15) is 11.3 Å². The summed E-state index contributed by atoms with van der Waals surface area (Å²) < 4.78 is 13.6. The van der Waals surface area contributed by atoms with Crippen LogP contribution in [-0.4, -0.2) is 4.98 Å². The number of pyridine rings is 1. The molecule has 1 aromatic heterocycles. The Balaban J connectivity index is 2.43. The van der Waals surface area contributed by atoms with E-state index < -0.39 is 0 Å². The van der Waals surface area contributed by atoms with Crippen LogP contribution in [0, 0.1) is 5.82 Å². The molecule has 0 aliphatic rings. The second-order valence-electron chi connectivity index (χ2n) is 3.76. The molecule has 2 rings (SSSR count). The van der Waals surface area contributed by atoms with E-state index in [4.69, 9.17) is 0 Å². The standard InChI is InChI=1S/C13H14FN/c1-2-3-5-10-8-11-6-4-7-15-13(11)12(14)9-10/h4,6-9H,2-3,5H2,1H3. The van der Waals surface area contributed by atoms with E-state index in [1.54, 1.807) is 12.3 Å². The van der Waals surface area contributed by atoms with E-state index in [2.05, 4.69) is 11.9 Å². The SMILES string of the molecule is CCCCc1cc(F)c2ncccc2c1. The highest BCUT2D eigenvalue weighted by Crippen LogP contribution is 2.18. The number of rotatable bonds is 3. The monoisotopic (exact) mass is 203 g/mol. The molecule has 0 amide bonds. The van der Waals surface area contributed by atoms with Crippen LogP contribution in [0.2, 0.25) is 0 Å². The quantitative estimate of drug-likeness (QED) is 0.741. The minimum Gasteiger partial charge on any atom is -0.253 e. The molecular formula is C13H14FN. The number of unbranched alkanes of at least 4 members (excludes halogenated alkanes) is 1. The van der Waals surface area contributed by atoms with Gasteiger partial charge in [-0.25, -0.2) is 4.39 Å². The van der Waals surface area contributed by atoms with Gasteiger partial charge >= 0.3 is 0 Å². The second-order valence-corrected chi connectivity index (χ2v) is 3.76. The first-order chi connectivity index (χ1) is 7.31. The summed E-state index contributed by atoms with van der Waals surface area (Å²) in [5, 5.41) is 0.892. The Bertz CT molecular complexity index is 465. The second kappa shape index (κ2) is 4.39. The molecule has 0 radical (unpaired) electrons. The van der Waals surface area contributed by atoms with Crippen molar-refractivity contribution in [2.75, 3.05) is 0 Å². The van der Waals surface area contributed by atoms with Crippen molar-refractivity contribution in [3.8, 4) is 0 Å². The van der Waals surface area contributed by atoms with Crippen LogP contribution in [0.1, 0.15) is 25.3 Å². The summed E-state index contributed by atoms with van der Waals surface area (Å²) in [4.78, 5) is 4.03. The van der Waals surface area contributed by atoms with Crippen molar-refractivity contribution in [3.63, 3.8) is 0 Å². The van der Waals surface area contributed by atoms with Crippen LogP contribution in [0.5, 0.6) is 0 Å². The molecule has 0 saturated carbocycles. The molecule has 0 unspecified atom stereocenters. The van der Waals surface area contributed by atoms with Gasteiger partial charge in [0, 0.05) is 11.6 Å². The van der Waals surface area contributed by atoms with Gasteiger partial charge in [0.15, 0.2) is 0 Å². The number of aryl methyl sites for hydroxylation is 1. The van der Waals surface area contributed by atoms with E-state index in [9.17, 15) is 4.39 Å². The molecule has 1 aromatic carbocycles. The van der Waals surface area contributed by atoms with Gasteiger partial charge in [0.25, 0.3) is 0 Å². The van der Waals surface area contributed by atoms with E-state index in [1.165, 1.54) is 0 Å². The zero-order valence-electron chi connectivity index (χ0n) is 8.83.